The SMILES string of the molecule is COc1ccc(OC)c(NC(=O)COC(=O)[C@@H]2CC(=O)N(NC(=O)c3c(OC)cccc3OC)C2)c1. The summed E-state index contributed by atoms with van der Waals surface area (Å²) in [6.45, 7) is -0.694. The molecule has 0 saturated carbocycles. The van der Waals surface area contributed by atoms with Crippen molar-refractivity contribution >= 4 is 29.4 Å². The third-order valence-electron chi connectivity index (χ3n) is 5.38. The van der Waals surface area contributed by atoms with E-state index >= 15 is 0 Å². The first kappa shape index (κ1) is 26.1. The lowest BCUT2D eigenvalue weighted by molar-refractivity contribution is -0.151. The smallest absolute Gasteiger partial charge is 0.311 e. The minimum atomic E-state index is -0.864. The number of carbonyl (C=O) groups is 4. The molecule has 1 aliphatic heterocycles. The second kappa shape index (κ2) is 11.8. The van der Waals surface area contributed by atoms with Crippen molar-refractivity contribution in [3.63, 3.8) is 0 Å². The molecular weight excluding hydrogens is 474 g/mol. The predicted molar refractivity (Wildman–Crippen MR) is 126 cm³/mol. The number of hydrogen-bond donors (Lipinski definition) is 2. The van der Waals surface area contributed by atoms with Crippen molar-refractivity contribution in [2.45, 2.75) is 6.42 Å². The highest BCUT2D eigenvalue weighted by Gasteiger charge is 2.37. The van der Waals surface area contributed by atoms with E-state index in [9.17, 15) is 19.2 Å². The van der Waals surface area contributed by atoms with Gasteiger partial charge in [-0.3, -0.25) is 29.6 Å². The molecule has 1 heterocycles. The number of nitrogens with zero attached hydrogens (tertiary/aromatic N) is 1. The molecule has 0 bridgehead atoms. The standard InChI is InChI=1S/C24H27N3O9/c1-32-15-8-9-17(33-2)16(11-15)25-20(28)13-36-24(31)14-10-21(29)27(12-14)26-23(30)22-18(34-3)6-5-7-19(22)35-4/h5-9,11,14H,10,12-13H2,1-4H3,(H,25,28)(H,26,30)/t14-/m1/s1. The Hall–Kier alpha value is -4.48. The van der Waals surface area contributed by atoms with Gasteiger partial charge in [0.25, 0.3) is 11.8 Å². The van der Waals surface area contributed by atoms with Crippen LogP contribution >= 0.6 is 0 Å². The third-order valence-corrected chi connectivity index (χ3v) is 5.38. The minimum Gasteiger partial charge on any atom is -0.497 e. The summed E-state index contributed by atoms with van der Waals surface area (Å²) < 4.78 is 25.8. The van der Waals surface area contributed by atoms with Crippen LogP contribution in [0.2, 0.25) is 0 Å². The number of methoxy groups -OCH3 is 4. The molecule has 0 spiro atoms. The zero-order valence-electron chi connectivity index (χ0n) is 20.3. The number of esters is 1. The molecule has 2 N–H and O–H groups in total. The van der Waals surface area contributed by atoms with Crippen LogP contribution in [0.25, 0.3) is 0 Å². The molecule has 1 atom stereocenters. The highest BCUT2D eigenvalue weighted by Crippen LogP contribution is 2.30. The zero-order chi connectivity index (χ0) is 26.2. The fraction of sp³-hybridized carbons (Fsp3) is 0.333. The molecule has 12 heteroatoms. The van der Waals surface area contributed by atoms with Crippen LogP contribution in [-0.2, 0) is 19.1 Å². The first-order chi connectivity index (χ1) is 17.3. The maximum Gasteiger partial charge on any atom is 0.311 e. The van der Waals surface area contributed by atoms with Gasteiger partial charge < -0.3 is 29.0 Å². The van der Waals surface area contributed by atoms with Gasteiger partial charge in [-0.2, -0.15) is 0 Å². The van der Waals surface area contributed by atoms with E-state index in [4.69, 9.17) is 23.7 Å². The molecular formula is C24H27N3O9. The highest BCUT2D eigenvalue weighted by atomic mass is 16.5. The maximum absolute atomic E-state index is 12.8. The summed E-state index contributed by atoms with van der Waals surface area (Å²) in [5, 5.41) is 3.62. The molecule has 36 heavy (non-hydrogen) atoms. The van der Waals surface area contributed by atoms with Crippen LogP contribution in [0.4, 0.5) is 5.69 Å². The van der Waals surface area contributed by atoms with Crippen LogP contribution in [-0.4, -0.2) is 70.3 Å². The van der Waals surface area contributed by atoms with E-state index < -0.39 is 36.2 Å². The second-order valence-corrected chi connectivity index (χ2v) is 7.61. The van der Waals surface area contributed by atoms with Gasteiger partial charge in [0.2, 0.25) is 5.91 Å². The molecule has 0 aliphatic carbocycles. The molecule has 12 nitrogen and oxygen atoms in total. The normalized spacial score (nSPS) is 14.6. The van der Waals surface area contributed by atoms with Crippen molar-refractivity contribution in [2.24, 2.45) is 5.92 Å². The number of hydrazine groups is 1. The first-order valence-electron chi connectivity index (χ1n) is 10.8. The van der Waals surface area contributed by atoms with Crippen LogP contribution in [0.5, 0.6) is 23.0 Å². The Morgan fingerprint density at radius 1 is 0.944 bits per heavy atom. The van der Waals surface area contributed by atoms with E-state index in [-0.39, 0.29) is 30.0 Å². The molecule has 0 unspecified atom stereocenters. The highest BCUT2D eigenvalue weighted by molar-refractivity contribution is 6.01. The quantitative estimate of drug-likeness (QED) is 0.462. The number of carbonyl (C=O) groups excluding carboxylic acids is 4. The van der Waals surface area contributed by atoms with Gasteiger partial charge in [-0.1, -0.05) is 6.07 Å². The Bertz CT molecular complexity index is 1130. The lowest BCUT2D eigenvalue weighted by atomic mass is 10.1. The molecule has 3 amide bonds. The Balaban J connectivity index is 1.56. The van der Waals surface area contributed by atoms with Crippen molar-refractivity contribution in [1.82, 2.24) is 10.4 Å². The summed E-state index contributed by atoms with van der Waals surface area (Å²) in [6.07, 6.45) is -0.187. The number of nitrogens with one attached hydrogen (secondary N) is 2. The van der Waals surface area contributed by atoms with Crippen LogP contribution in [0.15, 0.2) is 36.4 Å². The lowest BCUT2D eigenvalue weighted by Crippen LogP contribution is -2.43. The number of benzene rings is 2. The van der Waals surface area contributed by atoms with Crippen molar-refractivity contribution in [1.29, 1.82) is 0 Å². The summed E-state index contributed by atoms with van der Waals surface area (Å²) in [6, 6.07) is 9.66. The van der Waals surface area contributed by atoms with Gasteiger partial charge in [0.05, 0.1) is 46.6 Å². The van der Waals surface area contributed by atoms with Gasteiger partial charge in [-0.25, -0.2) is 0 Å². The second-order valence-electron chi connectivity index (χ2n) is 7.61. The number of rotatable bonds is 10. The topological polar surface area (TPSA) is 142 Å². The number of hydrogen-bond acceptors (Lipinski definition) is 9. The van der Waals surface area contributed by atoms with E-state index in [2.05, 4.69) is 10.7 Å². The van der Waals surface area contributed by atoms with Gasteiger partial charge in [0, 0.05) is 12.5 Å². The molecule has 1 saturated heterocycles. The van der Waals surface area contributed by atoms with Crippen LogP contribution < -0.4 is 29.7 Å². The van der Waals surface area contributed by atoms with Gasteiger partial charge in [-0.15, -0.1) is 0 Å². The fourth-order valence-corrected chi connectivity index (χ4v) is 3.58. The van der Waals surface area contributed by atoms with Crippen molar-refractivity contribution < 1.29 is 42.9 Å². The van der Waals surface area contributed by atoms with Gasteiger partial charge in [0.15, 0.2) is 6.61 Å². The number of anilines is 1. The molecule has 1 aliphatic rings. The Kier molecular flexibility index (Phi) is 8.55. The summed E-state index contributed by atoms with van der Waals surface area (Å²) in [5.74, 6) is -1.92. The Morgan fingerprint density at radius 3 is 2.22 bits per heavy atom. The van der Waals surface area contributed by atoms with E-state index in [0.717, 1.165) is 5.01 Å². The molecule has 192 valence electrons. The monoisotopic (exact) mass is 501 g/mol. The van der Waals surface area contributed by atoms with E-state index in [1.54, 1.807) is 36.4 Å². The average molecular weight is 501 g/mol. The predicted octanol–water partition coefficient (Wildman–Crippen LogP) is 1.40. The molecule has 3 rings (SSSR count). The molecule has 1 fully saturated rings. The molecule has 0 radical (unpaired) electrons. The number of ether oxygens (including phenoxy) is 5. The summed E-state index contributed by atoms with van der Waals surface area (Å²) >= 11 is 0. The van der Waals surface area contributed by atoms with E-state index in [1.165, 1.54) is 28.4 Å². The van der Waals surface area contributed by atoms with Crippen molar-refractivity contribution in [3.8, 4) is 23.0 Å². The van der Waals surface area contributed by atoms with Crippen LogP contribution in [0, 0.1) is 5.92 Å². The van der Waals surface area contributed by atoms with E-state index in [0.29, 0.717) is 17.2 Å². The lowest BCUT2D eigenvalue weighted by Gasteiger charge is -2.19. The molecule has 2 aromatic rings. The summed E-state index contributed by atoms with van der Waals surface area (Å²) in [4.78, 5) is 50.0. The fourth-order valence-electron chi connectivity index (χ4n) is 3.58. The average Bonchev–Trinajstić information content (AvgIpc) is 3.26. The Labute approximate surface area is 207 Å². The Morgan fingerprint density at radius 2 is 1.61 bits per heavy atom. The van der Waals surface area contributed by atoms with Crippen molar-refractivity contribution in [2.75, 3.05) is 46.9 Å². The van der Waals surface area contributed by atoms with E-state index in [1.807, 2.05) is 0 Å². The van der Waals surface area contributed by atoms with Gasteiger partial charge in [0.1, 0.15) is 28.6 Å². The largest absolute Gasteiger partial charge is 0.497 e. The summed E-state index contributed by atoms with van der Waals surface area (Å²) in [5.41, 5.74) is 2.92. The first-order valence-corrected chi connectivity index (χ1v) is 10.8. The van der Waals surface area contributed by atoms with Crippen molar-refractivity contribution in [3.05, 3.63) is 42.0 Å². The minimum absolute atomic E-state index is 0.103. The van der Waals surface area contributed by atoms with Crippen LogP contribution in [0.1, 0.15) is 16.8 Å². The van der Waals surface area contributed by atoms with Gasteiger partial charge >= 0.3 is 5.97 Å². The number of amides is 3. The molecule has 2 aromatic carbocycles. The molecule has 0 aromatic heterocycles. The summed E-state index contributed by atoms with van der Waals surface area (Å²) in [7, 11) is 5.73. The maximum atomic E-state index is 12.8. The third kappa shape index (κ3) is 5.95. The van der Waals surface area contributed by atoms with Gasteiger partial charge in [-0.05, 0) is 24.3 Å². The zero-order valence-corrected chi connectivity index (χ0v) is 20.3. The van der Waals surface area contributed by atoms with Crippen LogP contribution in [0.3, 0.4) is 0 Å².